The van der Waals surface area contributed by atoms with Gasteiger partial charge in [-0.1, -0.05) is 31.2 Å². The number of aliphatic imine (C=N–C) groups is 1. The van der Waals surface area contributed by atoms with E-state index in [9.17, 15) is 0 Å². The predicted octanol–water partition coefficient (Wildman–Crippen LogP) is 4.05. The van der Waals surface area contributed by atoms with Gasteiger partial charge in [0.1, 0.15) is 5.76 Å². The van der Waals surface area contributed by atoms with E-state index >= 15 is 0 Å². The maximum atomic E-state index is 6.00. The summed E-state index contributed by atoms with van der Waals surface area (Å²) in [6.07, 6.45) is 5.89. The third-order valence-electron chi connectivity index (χ3n) is 5.34. The highest BCUT2D eigenvalue weighted by Gasteiger charge is 2.13. The molecular formula is C24H35N3O3. The Morgan fingerprint density at radius 2 is 1.93 bits per heavy atom. The zero-order valence-electron chi connectivity index (χ0n) is 18.2. The number of rotatable bonds is 10. The molecule has 0 radical (unpaired) electrons. The van der Waals surface area contributed by atoms with Crippen LogP contribution in [0.4, 0.5) is 0 Å². The lowest BCUT2D eigenvalue weighted by atomic mass is 10.1. The lowest BCUT2D eigenvalue weighted by molar-refractivity contribution is -0.0390. The van der Waals surface area contributed by atoms with Crippen LogP contribution in [0.25, 0.3) is 0 Å². The maximum absolute atomic E-state index is 6.00. The first kappa shape index (κ1) is 22.4. The van der Waals surface area contributed by atoms with Crippen molar-refractivity contribution in [1.82, 2.24) is 10.6 Å². The molecular weight excluding hydrogens is 378 g/mol. The van der Waals surface area contributed by atoms with Crippen LogP contribution in [0.1, 0.15) is 50.0 Å². The average Bonchev–Trinajstić information content (AvgIpc) is 3.31. The molecule has 1 unspecified atom stereocenters. The van der Waals surface area contributed by atoms with Crippen LogP contribution < -0.4 is 10.6 Å². The Balaban J connectivity index is 1.48. The highest BCUT2D eigenvalue weighted by molar-refractivity contribution is 5.80. The monoisotopic (exact) mass is 413 g/mol. The van der Waals surface area contributed by atoms with Crippen LogP contribution in [-0.4, -0.2) is 37.9 Å². The topological polar surface area (TPSA) is 68.0 Å². The van der Waals surface area contributed by atoms with Crippen molar-refractivity contribution in [3.63, 3.8) is 0 Å². The van der Waals surface area contributed by atoms with Crippen LogP contribution in [0.15, 0.2) is 52.1 Å². The van der Waals surface area contributed by atoms with Crippen LogP contribution in [0.5, 0.6) is 0 Å². The van der Waals surface area contributed by atoms with Crippen LogP contribution >= 0.6 is 0 Å². The van der Waals surface area contributed by atoms with Crippen molar-refractivity contribution in [3.8, 4) is 0 Å². The number of hydrogen-bond acceptors (Lipinski definition) is 4. The van der Waals surface area contributed by atoms with Gasteiger partial charge < -0.3 is 24.5 Å². The Morgan fingerprint density at radius 3 is 2.63 bits per heavy atom. The molecule has 2 aromatic rings. The van der Waals surface area contributed by atoms with Gasteiger partial charge in [0.15, 0.2) is 5.96 Å². The summed E-state index contributed by atoms with van der Waals surface area (Å²) in [5.41, 5.74) is 2.38. The highest BCUT2D eigenvalue weighted by atomic mass is 16.5. The second-order valence-electron chi connectivity index (χ2n) is 7.81. The van der Waals surface area contributed by atoms with Gasteiger partial charge in [0.05, 0.1) is 25.5 Å². The second kappa shape index (κ2) is 12.4. The Bertz CT molecular complexity index is 738. The summed E-state index contributed by atoms with van der Waals surface area (Å²) < 4.78 is 16.8. The summed E-state index contributed by atoms with van der Waals surface area (Å²) in [5.74, 6) is 1.81. The molecule has 3 rings (SSSR count). The SMILES string of the molecule is CCC(C)NC(=NCc1ccc(COC2CCOCC2)cc1)NCCc1ccco1. The van der Waals surface area contributed by atoms with Gasteiger partial charge in [-0.3, -0.25) is 0 Å². The molecule has 1 aliphatic heterocycles. The largest absolute Gasteiger partial charge is 0.469 e. The standard InChI is InChI=1S/C24H35N3O3/c1-3-19(2)27-24(25-13-10-22-5-4-14-29-22)26-17-20-6-8-21(9-7-20)18-30-23-11-15-28-16-12-23/h4-9,14,19,23H,3,10-13,15-18H2,1-2H3,(H2,25,26,27). The number of furan rings is 1. The fourth-order valence-corrected chi connectivity index (χ4v) is 3.21. The zero-order chi connectivity index (χ0) is 21.0. The number of nitrogens with one attached hydrogen (secondary N) is 2. The summed E-state index contributed by atoms with van der Waals surface area (Å²) in [5, 5.41) is 6.87. The molecule has 0 amide bonds. The van der Waals surface area contributed by atoms with E-state index in [0.29, 0.717) is 25.3 Å². The molecule has 6 nitrogen and oxygen atoms in total. The normalized spacial score (nSPS) is 16.4. The van der Waals surface area contributed by atoms with Crippen LogP contribution in [-0.2, 0) is 29.0 Å². The minimum absolute atomic E-state index is 0.324. The molecule has 6 heteroatoms. The molecule has 2 heterocycles. The van der Waals surface area contributed by atoms with E-state index in [0.717, 1.165) is 57.2 Å². The van der Waals surface area contributed by atoms with E-state index in [2.05, 4.69) is 48.7 Å². The fraction of sp³-hybridized carbons (Fsp3) is 0.542. The van der Waals surface area contributed by atoms with Gasteiger partial charge in [-0.15, -0.1) is 0 Å². The number of ether oxygens (including phenoxy) is 2. The molecule has 164 valence electrons. The van der Waals surface area contributed by atoms with Gasteiger partial charge >= 0.3 is 0 Å². The zero-order valence-corrected chi connectivity index (χ0v) is 18.2. The molecule has 1 saturated heterocycles. The number of nitrogens with zero attached hydrogens (tertiary/aromatic N) is 1. The summed E-state index contributed by atoms with van der Waals surface area (Å²) in [7, 11) is 0. The molecule has 2 N–H and O–H groups in total. The smallest absolute Gasteiger partial charge is 0.191 e. The van der Waals surface area contributed by atoms with E-state index in [4.69, 9.17) is 18.9 Å². The average molecular weight is 414 g/mol. The van der Waals surface area contributed by atoms with Gasteiger partial charge in [0.2, 0.25) is 0 Å². The maximum Gasteiger partial charge on any atom is 0.191 e. The molecule has 1 aliphatic rings. The van der Waals surface area contributed by atoms with E-state index in [1.807, 2.05) is 12.1 Å². The molecule has 1 fully saturated rings. The molecule has 0 spiro atoms. The first-order valence-corrected chi connectivity index (χ1v) is 11.1. The second-order valence-corrected chi connectivity index (χ2v) is 7.81. The van der Waals surface area contributed by atoms with Crippen molar-refractivity contribution in [2.45, 2.75) is 64.8 Å². The van der Waals surface area contributed by atoms with E-state index in [1.54, 1.807) is 6.26 Å². The van der Waals surface area contributed by atoms with Crippen LogP contribution in [0.3, 0.4) is 0 Å². The predicted molar refractivity (Wildman–Crippen MR) is 120 cm³/mol. The van der Waals surface area contributed by atoms with Crippen molar-refractivity contribution in [2.75, 3.05) is 19.8 Å². The van der Waals surface area contributed by atoms with Gasteiger partial charge in [0.25, 0.3) is 0 Å². The minimum atomic E-state index is 0.324. The Hall–Kier alpha value is -2.31. The van der Waals surface area contributed by atoms with Crippen molar-refractivity contribution in [3.05, 3.63) is 59.5 Å². The van der Waals surface area contributed by atoms with Crippen molar-refractivity contribution >= 4 is 5.96 Å². The molecule has 0 aliphatic carbocycles. The van der Waals surface area contributed by atoms with E-state index in [1.165, 1.54) is 11.1 Å². The first-order chi connectivity index (χ1) is 14.7. The summed E-state index contributed by atoms with van der Waals surface area (Å²) in [6, 6.07) is 12.8. The van der Waals surface area contributed by atoms with Gasteiger partial charge in [0, 0.05) is 32.2 Å². The lowest BCUT2D eigenvalue weighted by Crippen LogP contribution is -2.42. The molecule has 0 bridgehead atoms. The third kappa shape index (κ3) is 7.84. The van der Waals surface area contributed by atoms with Gasteiger partial charge in [-0.05, 0) is 49.4 Å². The molecule has 1 atom stereocenters. The number of hydrogen-bond donors (Lipinski definition) is 2. The third-order valence-corrected chi connectivity index (χ3v) is 5.34. The van der Waals surface area contributed by atoms with Crippen molar-refractivity contribution < 1.29 is 13.9 Å². The molecule has 0 saturated carbocycles. The van der Waals surface area contributed by atoms with Crippen LogP contribution in [0.2, 0.25) is 0 Å². The van der Waals surface area contributed by atoms with Crippen molar-refractivity contribution in [2.24, 2.45) is 4.99 Å². The fourth-order valence-electron chi connectivity index (χ4n) is 3.21. The molecule has 30 heavy (non-hydrogen) atoms. The molecule has 1 aromatic heterocycles. The Kier molecular flexibility index (Phi) is 9.25. The quantitative estimate of drug-likeness (QED) is 0.454. The summed E-state index contributed by atoms with van der Waals surface area (Å²) in [4.78, 5) is 4.77. The van der Waals surface area contributed by atoms with E-state index < -0.39 is 0 Å². The van der Waals surface area contributed by atoms with Crippen molar-refractivity contribution in [1.29, 1.82) is 0 Å². The summed E-state index contributed by atoms with van der Waals surface area (Å²) >= 11 is 0. The Morgan fingerprint density at radius 1 is 1.17 bits per heavy atom. The summed E-state index contributed by atoms with van der Waals surface area (Å²) in [6.45, 7) is 8.01. The minimum Gasteiger partial charge on any atom is -0.469 e. The first-order valence-electron chi connectivity index (χ1n) is 11.1. The number of benzene rings is 1. The van der Waals surface area contributed by atoms with Gasteiger partial charge in [-0.25, -0.2) is 4.99 Å². The van der Waals surface area contributed by atoms with Crippen LogP contribution in [0, 0.1) is 0 Å². The lowest BCUT2D eigenvalue weighted by Gasteiger charge is -2.22. The van der Waals surface area contributed by atoms with Gasteiger partial charge in [-0.2, -0.15) is 0 Å². The number of guanidine groups is 1. The highest BCUT2D eigenvalue weighted by Crippen LogP contribution is 2.14. The van der Waals surface area contributed by atoms with E-state index in [-0.39, 0.29) is 0 Å². The molecule has 1 aromatic carbocycles. The Labute approximate surface area is 180 Å².